The van der Waals surface area contributed by atoms with Crippen LogP contribution >= 0.6 is 0 Å². The highest BCUT2D eigenvalue weighted by Gasteiger charge is 2.50. The van der Waals surface area contributed by atoms with Gasteiger partial charge in [0.1, 0.15) is 0 Å². The van der Waals surface area contributed by atoms with E-state index < -0.39 is 11.9 Å². The Morgan fingerprint density at radius 3 is 2.05 bits per heavy atom. The number of rotatable bonds is 3. The fourth-order valence-electron chi connectivity index (χ4n) is 3.93. The molecule has 3 aliphatic rings. The van der Waals surface area contributed by atoms with Gasteiger partial charge in [0.05, 0.1) is 11.8 Å². The molecule has 3 saturated carbocycles. The van der Waals surface area contributed by atoms with Crippen LogP contribution in [0.15, 0.2) is 30.3 Å². The first-order valence-corrected chi connectivity index (χ1v) is 7.25. The number of para-hydroxylation sites is 1. The molecule has 1 amide bonds. The summed E-state index contributed by atoms with van der Waals surface area (Å²) in [4.78, 5) is 24.0. The summed E-state index contributed by atoms with van der Waals surface area (Å²) in [6.45, 7) is 0. The summed E-state index contributed by atoms with van der Waals surface area (Å²) in [7, 11) is 0. The Bertz CT molecular complexity index is 506. The van der Waals surface area contributed by atoms with E-state index in [9.17, 15) is 14.7 Å². The Hall–Kier alpha value is -1.84. The lowest BCUT2D eigenvalue weighted by atomic mass is 9.58. The lowest BCUT2D eigenvalue weighted by Crippen LogP contribution is -2.49. The third kappa shape index (κ3) is 2.30. The van der Waals surface area contributed by atoms with Crippen LogP contribution < -0.4 is 5.32 Å². The number of nitrogens with one attached hydrogen (secondary N) is 1. The van der Waals surface area contributed by atoms with Gasteiger partial charge in [-0.05, 0) is 49.7 Å². The number of hydrogen-bond acceptors (Lipinski definition) is 2. The molecule has 4 nitrogen and oxygen atoms in total. The second-order valence-electron chi connectivity index (χ2n) is 5.92. The molecule has 3 aliphatic carbocycles. The standard InChI is InChI=1S/C16H19NO3/c18-15(17-12-4-2-1-3-5-12)13-10-6-8-11(9-7-10)14(13)16(19)20/h1-5,10-11,13-14H,6-9H2,(H,17,18)(H,19,20)/t10?,11?,13-,14-/m1/s1. The molecular formula is C16H19NO3. The highest BCUT2D eigenvalue weighted by molar-refractivity contribution is 5.95. The molecular weight excluding hydrogens is 254 g/mol. The number of amides is 1. The molecule has 0 aromatic heterocycles. The van der Waals surface area contributed by atoms with Gasteiger partial charge in [-0.2, -0.15) is 0 Å². The fraction of sp³-hybridized carbons (Fsp3) is 0.500. The van der Waals surface area contributed by atoms with Gasteiger partial charge in [0.25, 0.3) is 0 Å². The molecule has 0 spiro atoms. The second-order valence-corrected chi connectivity index (χ2v) is 5.92. The van der Waals surface area contributed by atoms with Crippen LogP contribution in [0.2, 0.25) is 0 Å². The molecule has 4 rings (SSSR count). The normalized spacial score (nSPS) is 31.8. The number of carboxylic acids is 1. The smallest absolute Gasteiger partial charge is 0.307 e. The van der Waals surface area contributed by atoms with Gasteiger partial charge in [0.2, 0.25) is 5.91 Å². The van der Waals surface area contributed by atoms with E-state index in [4.69, 9.17) is 0 Å². The Morgan fingerprint density at radius 2 is 1.50 bits per heavy atom. The minimum absolute atomic E-state index is 0.127. The van der Waals surface area contributed by atoms with E-state index in [-0.39, 0.29) is 23.7 Å². The average Bonchev–Trinajstić information content (AvgIpc) is 2.48. The monoisotopic (exact) mass is 273 g/mol. The molecule has 3 fully saturated rings. The molecule has 2 bridgehead atoms. The van der Waals surface area contributed by atoms with E-state index in [2.05, 4.69) is 5.32 Å². The highest BCUT2D eigenvalue weighted by Crippen LogP contribution is 2.49. The van der Waals surface area contributed by atoms with Crippen LogP contribution in [0.4, 0.5) is 5.69 Å². The summed E-state index contributed by atoms with van der Waals surface area (Å²) in [6.07, 6.45) is 3.89. The minimum atomic E-state index is -0.812. The summed E-state index contributed by atoms with van der Waals surface area (Å²) >= 11 is 0. The van der Waals surface area contributed by atoms with Crippen LogP contribution in [0.5, 0.6) is 0 Å². The van der Waals surface area contributed by atoms with Crippen molar-refractivity contribution < 1.29 is 14.7 Å². The van der Waals surface area contributed by atoms with Crippen LogP contribution in [0, 0.1) is 23.7 Å². The molecule has 106 valence electrons. The van der Waals surface area contributed by atoms with Crippen molar-refractivity contribution in [1.29, 1.82) is 0 Å². The van der Waals surface area contributed by atoms with E-state index in [0.717, 1.165) is 31.4 Å². The maximum Gasteiger partial charge on any atom is 0.307 e. The molecule has 20 heavy (non-hydrogen) atoms. The molecule has 0 unspecified atom stereocenters. The number of anilines is 1. The molecule has 1 aromatic carbocycles. The summed E-state index contributed by atoms with van der Waals surface area (Å²) in [5, 5.41) is 12.3. The molecule has 0 saturated heterocycles. The van der Waals surface area contributed by atoms with E-state index in [1.807, 2.05) is 30.3 Å². The van der Waals surface area contributed by atoms with Gasteiger partial charge in [0, 0.05) is 5.69 Å². The Balaban J connectivity index is 1.80. The van der Waals surface area contributed by atoms with Gasteiger partial charge in [0.15, 0.2) is 0 Å². The number of carbonyl (C=O) groups is 2. The van der Waals surface area contributed by atoms with Gasteiger partial charge >= 0.3 is 5.97 Å². The van der Waals surface area contributed by atoms with Crippen LogP contribution in [0.3, 0.4) is 0 Å². The molecule has 1 aromatic rings. The summed E-state index contributed by atoms with van der Waals surface area (Å²) < 4.78 is 0. The zero-order chi connectivity index (χ0) is 14.1. The van der Waals surface area contributed by atoms with Crippen LogP contribution in [0.25, 0.3) is 0 Å². The maximum absolute atomic E-state index is 12.5. The number of fused-ring (bicyclic) bond motifs is 3. The number of aliphatic carboxylic acids is 1. The van der Waals surface area contributed by atoms with Gasteiger partial charge < -0.3 is 10.4 Å². The van der Waals surface area contributed by atoms with Crippen molar-refractivity contribution in [3.8, 4) is 0 Å². The fourth-order valence-corrected chi connectivity index (χ4v) is 3.93. The first kappa shape index (κ1) is 13.2. The largest absolute Gasteiger partial charge is 0.481 e. The second kappa shape index (κ2) is 5.27. The Kier molecular flexibility index (Phi) is 3.47. The van der Waals surface area contributed by atoms with Crippen LogP contribution in [-0.4, -0.2) is 17.0 Å². The van der Waals surface area contributed by atoms with Crippen molar-refractivity contribution in [3.63, 3.8) is 0 Å². The zero-order valence-electron chi connectivity index (χ0n) is 11.3. The van der Waals surface area contributed by atoms with Crippen molar-refractivity contribution in [2.75, 3.05) is 5.32 Å². The lowest BCUT2D eigenvalue weighted by molar-refractivity contribution is -0.156. The molecule has 4 heteroatoms. The van der Waals surface area contributed by atoms with Crippen molar-refractivity contribution in [2.24, 2.45) is 23.7 Å². The first-order chi connectivity index (χ1) is 9.66. The quantitative estimate of drug-likeness (QED) is 0.890. The van der Waals surface area contributed by atoms with Gasteiger partial charge in [-0.3, -0.25) is 9.59 Å². The van der Waals surface area contributed by atoms with Gasteiger partial charge in [-0.15, -0.1) is 0 Å². The van der Waals surface area contributed by atoms with Crippen molar-refractivity contribution >= 4 is 17.6 Å². The predicted molar refractivity (Wildman–Crippen MR) is 75.1 cm³/mol. The topological polar surface area (TPSA) is 66.4 Å². The molecule has 2 N–H and O–H groups in total. The minimum Gasteiger partial charge on any atom is -0.481 e. The SMILES string of the molecule is O=C(O)[C@@H]1C2CCC(CC2)[C@H]1C(=O)Nc1ccccc1. The summed E-state index contributed by atoms with van der Waals surface area (Å²) in [6, 6.07) is 9.26. The zero-order valence-corrected chi connectivity index (χ0v) is 11.3. The van der Waals surface area contributed by atoms with Crippen LogP contribution in [-0.2, 0) is 9.59 Å². The lowest BCUT2D eigenvalue weighted by Gasteiger charge is -2.45. The van der Waals surface area contributed by atoms with Crippen molar-refractivity contribution in [3.05, 3.63) is 30.3 Å². The Morgan fingerprint density at radius 1 is 0.950 bits per heavy atom. The number of carbonyl (C=O) groups excluding carboxylic acids is 1. The van der Waals surface area contributed by atoms with E-state index in [1.54, 1.807) is 0 Å². The van der Waals surface area contributed by atoms with Crippen molar-refractivity contribution in [1.82, 2.24) is 0 Å². The molecule has 0 aliphatic heterocycles. The Labute approximate surface area is 118 Å². The van der Waals surface area contributed by atoms with Gasteiger partial charge in [-0.25, -0.2) is 0 Å². The summed E-state index contributed by atoms with van der Waals surface area (Å²) in [5.41, 5.74) is 0.739. The van der Waals surface area contributed by atoms with E-state index in [0.29, 0.717) is 0 Å². The maximum atomic E-state index is 12.5. The number of carboxylic acid groups (broad SMARTS) is 1. The number of hydrogen-bond donors (Lipinski definition) is 2. The van der Waals surface area contributed by atoms with E-state index in [1.165, 1.54) is 0 Å². The van der Waals surface area contributed by atoms with Crippen molar-refractivity contribution in [2.45, 2.75) is 25.7 Å². The highest BCUT2D eigenvalue weighted by atomic mass is 16.4. The third-order valence-electron chi connectivity index (χ3n) is 4.85. The first-order valence-electron chi connectivity index (χ1n) is 7.25. The average molecular weight is 273 g/mol. The summed E-state index contributed by atoms with van der Waals surface area (Å²) in [5.74, 6) is -1.43. The predicted octanol–water partition coefficient (Wildman–Crippen LogP) is 2.76. The molecule has 0 radical (unpaired) electrons. The van der Waals surface area contributed by atoms with E-state index >= 15 is 0 Å². The van der Waals surface area contributed by atoms with Gasteiger partial charge in [-0.1, -0.05) is 18.2 Å². The molecule has 2 atom stereocenters. The van der Waals surface area contributed by atoms with Crippen LogP contribution in [0.1, 0.15) is 25.7 Å². The third-order valence-corrected chi connectivity index (χ3v) is 4.85. The number of benzene rings is 1. The molecule has 0 heterocycles.